The lowest BCUT2D eigenvalue weighted by atomic mass is 9.97. The molecule has 0 fully saturated rings. The molecule has 0 spiro atoms. The van der Waals surface area contributed by atoms with E-state index in [0.29, 0.717) is 18.6 Å². The van der Waals surface area contributed by atoms with Crippen molar-refractivity contribution in [3.63, 3.8) is 0 Å². The molecule has 0 amide bonds. The van der Waals surface area contributed by atoms with Crippen LogP contribution in [0.4, 0.5) is 0 Å². The molecule has 0 aliphatic heterocycles. The molecule has 20 heavy (non-hydrogen) atoms. The number of ether oxygens (including phenoxy) is 1. The van der Waals surface area contributed by atoms with Gasteiger partial charge in [0, 0.05) is 19.3 Å². The van der Waals surface area contributed by atoms with Crippen LogP contribution in [0.15, 0.2) is 12.1 Å². The Morgan fingerprint density at radius 3 is 2.20 bits per heavy atom. The molecule has 1 aromatic carbocycles. The van der Waals surface area contributed by atoms with E-state index >= 15 is 0 Å². The van der Waals surface area contributed by atoms with Crippen LogP contribution in [0.2, 0.25) is 0 Å². The molecule has 112 valence electrons. The Bertz CT molecular complexity index is 565. The predicted octanol–water partition coefficient (Wildman–Crippen LogP) is 2.25. The van der Waals surface area contributed by atoms with Crippen LogP contribution >= 0.6 is 0 Å². The third-order valence-electron chi connectivity index (χ3n) is 3.11. The largest absolute Gasteiger partial charge is 0.385 e. The fourth-order valence-electron chi connectivity index (χ4n) is 2.39. The SMILES string of the molecule is COCCCS(=O)(=O)CC(=O)c1c(C)cc(C)cc1C. The van der Waals surface area contributed by atoms with Gasteiger partial charge in [-0.1, -0.05) is 17.7 Å². The first kappa shape index (κ1) is 16.9. The molecule has 0 radical (unpaired) electrons. The summed E-state index contributed by atoms with van der Waals surface area (Å²) in [5, 5.41) is 0. The summed E-state index contributed by atoms with van der Waals surface area (Å²) in [6.07, 6.45) is 0.415. The number of benzene rings is 1. The zero-order chi connectivity index (χ0) is 15.3. The van der Waals surface area contributed by atoms with Crippen molar-refractivity contribution < 1.29 is 17.9 Å². The first-order valence-electron chi connectivity index (χ1n) is 6.57. The van der Waals surface area contributed by atoms with E-state index in [-0.39, 0.29) is 11.5 Å². The molecule has 0 aromatic heterocycles. The maximum Gasteiger partial charge on any atom is 0.178 e. The summed E-state index contributed by atoms with van der Waals surface area (Å²) in [4.78, 5) is 12.2. The fourth-order valence-corrected chi connectivity index (χ4v) is 3.63. The highest BCUT2D eigenvalue weighted by molar-refractivity contribution is 7.92. The van der Waals surface area contributed by atoms with Gasteiger partial charge in [0.05, 0.1) is 5.75 Å². The van der Waals surface area contributed by atoms with Crippen LogP contribution in [0.5, 0.6) is 0 Å². The minimum atomic E-state index is -3.37. The minimum Gasteiger partial charge on any atom is -0.385 e. The molecule has 1 aromatic rings. The monoisotopic (exact) mass is 298 g/mol. The lowest BCUT2D eigenvalue weighted by Gasteiger charge is -2.10. The van der Waals surface area contributed by atoms with Crippen molar-refractivity contribution in [3.05, 3.63) is 34.4 Å². The van der Waals surface area contributed by atoms with Gasteiger partial charge in [-0.3, -0.25) is 4.79 Å². The molecular formula is C15H22O4S. The summed E-state index contributed by atoms with van der Waals surface area (Å²) in [6, 6.07) is 3.80. The summed E-state index contributed by atoms with van der Waals surface area (Å²) < 4.78 is 28.6. The Kier molecular flexibility index (Phi) is 5.89. The van der Waals surface area contributed by atoms with Crippen LogP contribution in [0.25, 0.3) is 0 Å². The van der Waals surface area contributed by atoms with E-state index < -0.39 is 15.6 Å². The summed E-state index contributed by atoms with van der Waals surface area (Å²) in [5.74, 6) is -0.768. The highest BCUT2D eigenvalue weighted by Crippen LogP contribution is 2.17. The third-order valence-corrected chi connectivity index (χ3v) is 4.72. The van der Waals surface area contributed by atoms with Crippen LogP contribution in [-0.4, -0.2) is 39.4 Å². The van der Waals surface area contributed by atoms with E-state index in [2.05, 4.69) is 0 Å². The van der Waals surface area contributed by atoms with Gasteiger partial charge in [0.1, 0.15) is 5.75 Å². The zero-order valence-corrected chi connectivity index (χ0v) is 13.3. The van der Waals surface area contributed by atoms with Crippen molar-refractivity contribution in [2.24, 2.45) is 0 Å². The Morgan fingerprint density at radius 1 is 1.15 bits per heavy atom. The summed E-state index contributed by atoms with van der Waals surface area (Å²) in [5.41, 5.74) is 3.27. The Morgan fingerprint density at radius 2 is 1.70 bits per heavy atom. The number of aryl methyl sites for hydroxylation is 3. The summed E-state index contributed by atoms with van der Waals surface area (Å²) >= 11 is 0. The second-order valence-electron chi connectivity index (χ2n) is 5.14. The Labute approximate surface area is 121 Å². The van der Waals surface area contributed by atoms with Crippen LogP contribution in [0, 0.1) is 20.8 Å². The van der Waals surface area contributed by atoms with E-state index in [4.69, 9.17) is 4.74 Å². The van der Waals surface area contributed by atoms with Gasteiger partial charge in [0.25, 0.3) is 0 Å². The predicted molar refractivity (Wildman–Crippen MR) is 80.1 cm³/mol. The van der Waals surface area contributed by atoms with Gasteiger partial charge in [-0.25, -0.2) is 8.42 Å². The first-order chi connectivity index (χ1) is 9.26. The second kappa shape index (κ2) is 6.99. The van der Waals surface area contributed by atoms with E-state index in [0.717, 1.165) is 16.7 Å². The molecule has 0 aliphatic rings. The molecule has 0 aliphatic carbocycles. The number of sulfone groups is 1. The molecule has 0 unspecified atom stereocenters. The Hall–Kier alpha value is -1.20. The topological polar surface area (TPSA) is 60.4 Å². The van der Waals surface area contributed by atoms with Gasteiger partial charge in [-0.2, -0.15) is 0 Å². The first-order valence-corrected chi connectivity index (χ1v) is 8.39. The van der Waals surface area contributed by atoms with Crippen molar-refractivity contribution in [2.75, 3.05) is 25.2 Å². The second-order valence-corrected chi connectivity index (χ2v) is 7.32. The van der Waals surface area contributed by atoms with Crippen LogP contribution in [0.3, 0.4) is 0 Å². The number of hydrogen-bond donors (Lipinski definition) is 0. The molecule has 5 heteroatoms. The van der Waals surface area contributed by atoms with Crippen molar-refractivity contribution >= 4 is 15.6 Å². The quantitative estimate of drug-likeness (QED) is 0.572. The highest BCUT2D eigenvalue weighted by atomic mass is 32.2. The van der Waals surface area contributed by atoms with E-state index in [1.165, 1.54) is 7.11 Å². The molecule has 0 bridgehead atoms. The number of carbonyl (C=O) groups excluding carboxylic acids is 1. The number of methoxy groups -OCH3 is 1. The fraction of sp³-hybridized carbons (Fsp3) is 0.533. The molecule has 0 atom stereocenters. The van der Waals surface area contributed by atoms with Crippen molar-refractivity contribution in [1.29, 1.82) is 0 Å². The van der Waals surface area contributed by atoms with Gasteiger partial charge in [0.15, 0.2) is 15.6 Å². The minimum absolute atomic E-state index is 0.0173. The van der Waals surface area contributed by atoms with E-state index in [1.54, 1.807) is 0 Å². The normalized spacial score (nSPS) is 11.6. The summed E-state index contributed by atoms with van der Waals surface area (Å²) in [7, 11) is -1.85. The third kappa shape index (κ3) is 4.72. The van der Waals surface area contributed by atoms with E-state index in [9.17, 15) is 13.2 Å². The lowest BCUT2D eigenvalue weighted by molar-refractivity contribution is 0.101. The highest BCUT2D eigenvalue weighted by Gasteiger charge is 2.20. The molecule has 4 nitrogen and oxygen atoms in total. The van der Waals surface area contributed by atoms with Crippen LogP contribution in [-0.2, 0) is 14.6 Å². The number of Topliss-reactive ketones (excluding diaryl/α,β-unsaturated/α-hetero) is 1. The Balaban J connectivity index is 2.87. The van der Waals surface area contributed by atoms with Gasteiger partial charge in [-0.05, 0) is 38.3 Å². The maximum atomic E-state index is 12.2. The van der Waals surface area contributed by atoms with Gasteiger partial charge >= 0.3 is 0 Å². The smallest absolute Gasteiger partial charge is 0.178 e. The number of rotatable bonds is 7. The maximum absolute atomic E-state index is 12.2. The summed E-state index contributed by atoms with van der Waals surface area (Å²) in [6.45, 7) is 6.02. The lowest BCUT2D eigenvalue weighted by Crippen LogP contribution is -2.21. The van der Waals surface area contributed by atoms with Gasteiger partial charge < -0.3 is 4.74 Å². The molecular weight excluding hydrogens is 276 g/mol. The molecule has 0 N–H and O–H groups in total. The molecule has 0 saturated carbocycles. The average molecular weight is 298 g/mol. The average Bonchev–Trinajstić information content (AvgIpc) is 2.26. The number of ketones is 1. The van der Waals surface area contributed by atoms with Gasteiger partial charge in [-0.15, -0.1) is 0 Å². The van der Waals surface area contributed by atoms with Crippen molar-refractivity contribution in [3.8, 4) is 0 Å². The molecule has 0 heterocycles. The van der Waals surface area contributed by atoms with Crippen LogP contribution < -0.4 is 0 Å². The van der Waals surface area contributed by atoms with Crippen LogP contribution in [0.1, 0.15) is 33.5 Å². The number of carbonyl (C=O) groups is 1. The number of hydrogen-bond acceptors (Lipinski definition) is 4. The van der Waals surface area contributed by atoms with Gasteiger partial charge in [0.2, 0.25) is 0 Å². The molecule has 1 rings (SSSR count). The van der Waals surface area contributed by atoms with Crippen molar-refractivity contribution in [2.45, 2.75) is 27.2 Å². The van der Waals surface area contributed by atoms with E-state index in [1.807, 2.05) is 32.9 Å². The standard InChI is InChI=1S/C15H22O4S/c1-11-8-12(2)15(13(3)9-11)14(16)10-20(17,18)7-5-6-19-4/h8-9H,5-7,10H2,1-4H3. The molecule has 0 saturated heterocycles. The zero-order valence-electron chi connectivity index (χ0n) is 12.5. The van der Waals surface area contributed by atoms with Crippen molar-refractivity contribution in [1.82, 2.24) is 0 Å².